The lowest BCUT2D eigenvalue weighted by molar-refractivity contribution is 0.646. The van der Waals surface area contributed by atoms with Gasteiger partial charge in [0.2, 0.25) is 0 Å². The Bertz CT molecular complexity index is 489. The standard InChI is InChI=1S/C18H24N2/c1-15(2)12-16-5-7-18(8-6-16)14-20-11-9-17-4-3-10-19-13-17/h3-8,10,13,15,20H,9,11-12,14H2,1-2H3. The Balaban J connectivity index is 1.71. The molecular weight excluding hydrogens is 244 g/mol. The molecular formula is C18H24N2. The van der Waals surface area contributed by atoms with Gasteiger partial charge in [0, 0.05) is 18.9 Å². The minimum Gasteiger partial charge on any atom is -0.312 e. The summed E-state index contributed by atoms with van der Waals surface area (Å²) in [5, 5.41) is 3.48. The maximum Gasteiger partial charge on any atom is 0.0300 e. The summed E-state index contributed by atoms with van der Waals surface area (Å²) in [6, 6.07) is 13.1. The van der Waals surface area contributed by atoms with Crippen LogP contribution in [0.2, 0.25) is 0 Å². The molecule has 0 aliphatic carbocycles. The van der Waals surface area contributed by atoms with Gasteiger partial charge in [-0.15, -0.1) is 0 Å². The Morgan fingerprint density at radius 1 is 1.00 bits per heavy atom. The number of pyridine rings is 1. The van der Waals surface area contributed by atoms with Gasteiger partial charge in [-0.05, 0) is 48.1 Å². The molecule has 0 fully saturated rings. The molecule has 1 N–H and O–H groups in total. The van der Waals surface area contributed by atoms with E-state index in [2.05, 4.69) is 54.5 Å². The van der Waals surface area contributed by atoms with Crippen molar-refractivity contribution in [1.29, 1.82) is 0 Å². The Labute approximate surface area is 122 Å². The van der Waals surface area contributed by atoms with E-state index in [0.29, 0.717) is 0 Å². The summed E-state index contributed by atoms with van der Waals surface area (Å²) in [4.78, 5) is 4.13. The molecule has 0 saturated heterocycles. The zero-order valence-electron chi connectivity index (χ0n) is 12.5. The van der Waals surface area contributed by atoms with Gasteiger partial charge in [-0.25, -0.2) is 0 Å². The summed E-state index contributed by atoms with van der Waals surface area (Å²) in [6.45, 7) is 6.43. The smallest absolute Gasteiger partial charge is 0.0300 e. The van der Waals surface area contributed by atoms with Crippen LogP contribution < -0.4 is 5.32 Å². The number of rotatable bonds is 7. The molecule has 2 rings (SSSR count). The van der Waals surface area contributed by atoms with Gasteiger partial charge >= 0.3 is 0 Å². The molecule has 0 atom stereocenters. The lowest BCUT2D eigenvalue weighted by Crippen LogP contribution is -2.16. The van der Waals surface area contributed by atoms with E-state index >= 15 is 0 Å². The Morgan fingerprint density at radius 3 is 2.40 bits per heavy atom. The van der Waals surface area contributed by atoms with Crippen molar-refractivity contribution in [1.82, 2.24) is 10.3 Å². The van der Waals surface area contributed by atoms with Gasteiger partial charge in [0.25, 0.3) is 0 Å². The summed E-state index contributed by atoms with van der Waals surface area (Å²) in [5.41, 5.74) is 4.06. The van der Waals surface area contributed by atoms with Gasteiger partial charge in [0.15, 0.2) is 0 Å². The van der Waals surface area contributed by atoms with Crippen LogP contribution in [0.1, 0.15) is 30.5 Å². The summed E-state index contributed by atoms with van der Waals surface area (Å²) in [7, 11) is 0. The highest BCUT2D eigenvalue weighted by Crippen LogP contribution is 2.09. The number of nitrogens with zero attached hydrogens (tertiary/aromatic N) is 1. The van der Waals surface area contributed by atoms with Gasteiger partial charge in [-0.1, -0.05) is 44.2 Å². The number of aromatic nitrogens is 1. The van der Waals surface area contributed by atoms with E-state index in [1.54, 1.807) is 0 Å². The second kappa shape index (κ2) is 7.81. The first-order valence-electron chi connectivity index (χ1n) is 7.41. The molecule has 0 aliphatic heterocycles. The molecule has 0 radical (unpaired) electrons. The van der Waals surface area contributed by atoms with E-state index in [-0.39, 0.29) is 0 Å². The Morgan fingerprint density at radius 2 is 1.75 bits per heavy atom. The van der Waals surface area contributed by atoms with Gasteiger partial charge in [0.05, 0.1) is 0 Å². The number of hydrogen-bond donors (Lipinski definition) is 1. The quantitative estimate of drug-likeness (QED) is 0.776. The largest absolute Gasteiger partial charge is 0.312 e. The molecule has 1 heterocycles. The highest BCUT2D eigenvalue weighted by atomic mass is 14.8. The fraction of sp³-hybridized carbons (Fsp3) is 0.389. The monoisotopic (exact) mass is 268 g/mol. The zero-order valence-corrected chi connectivity index (χ0v) is 12.5. The molecule has 0 bridgehead atoms. The van der Waals surface area contributed by atoms with E-state index in [9.17, 15) is 0 Å². The zero-order chi connectivity index (χ0) is 14.2. The molecule has 0 spiro atoms. The van der Waals surface area contributed by atoms with Crippen molar-refractivity contribution in [3.05, 3.63) is 65.5 Å². The molecule has 1 aromatic heterocycles. The molecule has 1 aromatic carbocycles. The highest BCUT2D eigenvalue weighted by molar-refractivity contribution is 5.22. The average molecular weight is 268 g/mol. The first-order valence-corrected chi connectivity index (χ1v) is 7.41. The fourth-order valence-corrected chi connectivity index (χ4v) is 2.28. The third-order valence-corrected chi connectivity index (χ3v) is 3.31. The molecule has 0 aliphatic rings. The second-order valence-corrected chi connectivity index (χ2v) is 5.70. The summed E-state index contributed by atoms with van der Waals surface area (Å²) in [5.74, 6) is 0.721. The van der Waals surface area contributed by atoms with Gasteiger partial charge in [0.1, 0.15) is 0 Å². The maximum atomic E-state index is 4.13. The van der Waals surface area contributed by atoms with Gasteiger partial charge in [-0.2, -0.15) is 0 Å². The van der Waals surface area contributed by atoms with Crippen LogP contribution in [-0.4, -0.2) is 11.5 Å². The lowest BCUT2D eigenvalue weighted by atomic mass is 10.0. The fourth-order valence-electron chi connectivity index (χ4n) is 2.28. The summed E-state index contributed by atoms with van der Waals surface area (Å²) in [6.07, 6.45) is 5.94. The normalized spacial score (nSPS) is 10.9. The van der Waals surface area contributed by atoms with Crippen LogP contribution in [-0.2, 0) is 19.4 Å². The Hall–Kier alpha value is -1.67. The van der Waals surface area contributed by atoms with Gasteiger partial charge < -0.3 is 5.32 Å². The lowest BCUT2D eigenvalue weighted by Gasteiger charge is -2.08. The number of hydrogen-bond acceptors (Lipinski definition) is 2. The van der Waals surface area contributed by atoms with Crippen LogP contribution in [0.3, 0.4) is 0 Å². The maximum absolute atomic E-state index is 4.13. The number of benzene rings is 1. The van der Waals surface area contributed by atoms with Crippen molar-refractivity contribution >= 4 is 0 Å². The van der Waals surface area contributed by atoms with E-state index < -0.39 is 0 Å². The van der Waals surface area contributed by atoms with Crippen LogP contribution in [0.4, 0.5) is 0 Å². The molecule has 2 nitrogen and oxygen atoms in total. The van der Waals surface area contributed by atoms with Crippen molar-refractivity contribution in [3.63, 3.8) is 0 Å². The summed E-state index contributed by atoms with van der Waals surface area (Å²) < 4.78 is 0. The van der Waals surface area contributed by atoms with Crippen molar-refractivity contribution in [2.45, 2.75) is 33.2 Å². The van der Waals surface area contributed by atoms with E-state index in [0.717, 1.165) is 31.8 Å². The molecule has 0 amide bonds. The SMILES string of the molecule is CC(C)Cc1ccc(CNCCc2cccnc2)cc1. The van der Waals surface area contributed by atoms with E-state index in [4.69, 9.17) is 0 Å². The third kappa shape index (κ3) is 5.14. The topological polar surface area (TPSA) is 24.9 Å². The molecule has 20 heavy (non-hydrogen) atoms. The third-order valence-electron chi connectivity index (χ3n) is 3.31. The summed E-state index contributed by atoms with van der Waals surface area (Å²) >= 11 is 0. The van der Waals surface area contributed by atoms with Gasteiger partial charge in [-0.3, -0.25) is 4.98 Å². The first kappa shape index (κ1) is 14.7. The van der Waals surface area contributed by atoms with Crippen LogP contribution in [0, 0.1) is 5.92 Å². The predicted octanol–water partition coefficient (Wildman–Crippen LogP) is 3.61. The van der Waals surface area contributed by atoms with Crippen molar-refractivity contribution in [3.8, 4) is 0 Å². The predicted molar refractivity (Wildman–Crippen MR) is 84.6 cm³/mol. The molecule has 2 aromatic rings. The molecule has 0 unspecified atom stereocenters. The highest BCUT2D eigenvalue weighted by Gasteiger charge is 1.98. The van der Waals surface area contributed by atoms with E-state index in [1.165, 1.54) is 16.7 Å². The van der Waals surface area contributed by atoms with Crippen LogP contribution in [0.5, 0.6) is 0 Å². The minimum atomic E-state index is 0.721. The van der Waals surface area contributed by atoms with Crippen molar-refractivity contribution in [2.24, 2.45) is 5.92 Å². The van der Waals surface area contributed by atoms with Crippen LogP contribution >= 0.6 is 0 Å². The Kier molecular flexibility index (Phi) is 5.75. The van der Waals surface area contributed by atoms with Crippen molar-refractivity contribution < 1.29 is 0 Å². The van der Waals surface area contributed by atoms with E-state index in [1.807, 2.05) is 18.5 Å². The number of nitrogens with one attached hydrogen (secondary N) is 1. The van der Waals surface area contributed by atoms with Crippen LogP contribution in [0.25, 0.3) is 0 Å². The molecule has 2 heteroatoms. The first-order chi connectivity index (χ1) is 9.74. The second-order valence-electron chi connectivity index (χ2n) is 5.70. The molecule has 0 saturated carbocycles. The van der Waals surface area contributed by atoms with Crippen LogP contribution in [0.15, 0.2) is 48.8 Å². The average Bonchev–Trinajstić information content (AvgIpc) is 2.46. The minimum absolute atomic E-state index is 0.721. The van der Waals surface area contributed by atoms with Crippen molar-refractivity contribution in [2.75, 3.05) is 6.54 Å². The molecule has 106 valence electrons.